The summed E-state index contributed by atoms with van der Waals surface area (Å²) in [4.78, 5) is 13.2. The summed E-state index contributed by atoms with van der Waals surface area (Å²) in [5, 5.41) is 9.31. The van der Waals surface area contributed by atoms with Gasteiger partial charge in [0.15, 0.2) is 6.10 Å². The number of amides is 1. The van der Waals surface area contributed by atoms with Crippen LogP contribution in [0.2, 0.25) is 5.02 Å². The van der Waals surface area contributed by atoms with Crippen LogP contribution in [0, 0.1) is 18.3 Å². The molecule has 0 N–H and O–H groups in total. The molecule has 17 heavy (non-hydrogen) atoms. The van der Waals surface area contributed by atoms with Gasteiger partial charge in [-0.05, 0) is 24.6 Å². The molecule has 88 valence electrons. The van der Waals surface area contributed by atoms with Gasteiger partial charge in [-0.1, -0.05) is 17.7 Å². The molecule has 0 saturated carbocycles. The van der Waals surface area contributed by atoms with Gasteiger partial charge in [0.25, 0.3) is 0 Å². The van der Waals surface area contributed by atoms with Crippen molar-refractivity contribution in [1.82, 2.24) is 0 Å². The maximum absolute atomic E-state index is 11.7. The molecule has 1 saturated heterocycles. The second-order valence-electron chi connectivity index (χ2n) is 3.83. The number of nitrogens with zero attached hydrogens (tertiary/aromatic N) is 2. The Hall–Kier alpha value is -1.73. The van der Waals surface area contributed by atoms with Crippen LogP contribution < -0.4 is 4.90 Å². The lowest BCUT2D eigenvalue weighted by molar-refractivity contribution is 0.111. The number of anilines is 1. The second kappa shape index (κ2) is 4.64. The van der Waals surface area contributed by atoms with Gasteiger partial charge in [-0.3, -0.25) is 4.90 Å². The van der Waals surface area contributed by atoms with Crippen molar-refractivity contribution in [2.45, 2.75) is 19.4 Å². The number of carbonyl (C=O) groups is 1. The number of ether oxygens (including phenoxy) is 1. The largest absolute Gasteiger partial charge is 0.430 e. The Balaban J connectivity index is 2.27. The lowest BCUT2D eigenvalue weighted by Crippen LogP contribution is -2.41. The smallest absolute Gasteiger partial charge is 0.415 e. The normalized spacial score (nSPS) is 19.7. The Morgan fingerprint density at radius 1 is 1.59 bits per heavy atom. The molecule has 2 rings (SSSR count). The zero-order chi connectivity index (χ0) is 12.4. The van der Waals surface area contributed by atoms with Gasteiger partial charge in [-0.15, -0.1) is 0 Å². The highest BCUT2D eigenvalue weighted by Gasteiger charge is 2.28. The quantitative estimate of drug-likeness (QED) is 0.770. The van der Waals surface area contributed by atoms with Gasteiger partial charge in [0.2, 0.25) is 0 Å². The molecule has 5 heteroatoms. The third-order valence-electron chi connectivity index (χ3n) is 2.75. The average Bonchev–Trinajstić information content (AvgIpc) is 2.33. The molecule has 0 aromatic heterocycles. The number of rotatable bonds is 1. The van der Waals surface area contributed by atoms with Gasteiger partial charge in [0.1, 0.15) is 6.07 Å². The topological polar surface area (TPSA) is 53.3 Å². The van der Waals surface area contributed by atoms with Crippen LogP contribution in [0.15, 0.2) is 18.2 Å². The summed E-state index contributed by atoms with van der Waals surface area (Å²) < 4.78 is 4.98. The van der Waals surface area contributed by atoms with Crippen molar-refractivity contribution in [2.24, 2.45) is 0 Å². The molecule has 1 fully saturated rings. The van der Waals surface area contributed by atoms with Gasteiger partial charge < -0.3 is 4.74 Å². The SMILES string of the molecule is Cc1c(Cl)cccc1N1CCC(C#N)OC1=O. The molecule has 1 aromatic rings. The van der Waals surface area contributed by atoms with Gasteiger partial charge in [-0.2, -0.15) is 5.26 Å². The fourth-order valence-electron chi connectivity index (χ4n) is 1.78. The predicted molar refractivity (Wildman–Crippen MR) is 64.0 cm³/mol. The minimum atomic E-state index is -0.641. The summed E-state index contributed by atoms with van der Waals surface area (Å²) in [6, 6.07) is 7.31. The minimum Gasteiger partial charge on any atom is -0.430 e. The maximum Gasteiger partial charge on any atom is 0.415 e. The van der Waals surface area contributed by atoms with E-state index in [1.807, 2.05) is 19.1 Å². The first kappa shape index (κ1) is 11.7. The fraction of sp³-hybridized carbons (Fsp3) is 0.333. The van der Waals surface area contributed by atoms with Gasteiger partial charge in [-0.25, -0.2) is 4.79 Å². The van der Waals surface area contributed by atoms with E-state index in [1.54, 1.807) is 12.1 Å². The van der Waals surface area contributed by atoms with Crippen molar-refractivity contribution in [3.63, 3.8) is 0 Å². The lowest BCUT2D eigenvalue weighted by Gasteiger charge is -2.30. The third kappa shape index (κ3) is 2.20. The molecule has 1 aliphatic rings. The van der Waals surface area contributed by atoms with E-state index in [1.165, 1.54) is 4.90 Å². The third-order valence-corrected chi connectivity index (χ3v) is 3.16. The number of hydrogen-bond acceptors (Lipinski definition) is 3. The van der Waals surface area contributed by atoms with E-state index < -0.39 is 12.2 Å². The van der Waals surface area contributed by atoms with E-state index in [0.717, 1.165) is 11.3 Å². The van der Waals surface area contributed by atoms with E-state index in [-0.39, 0.29) is 0 Å². The number of cyclic esters (lactones) is 1. The van der Waals surface area contributed by atoms with Crippen molar-refractivity contribution < 1.29 is 9.53 Å². The molecule has 1 amide bonds. The van der Waals surface area contributed by atoms with Gasteiger partial charge in [0, 0.05) is 18.0 Å². The Bertz CT molecular complexity index is 496. The Labute approximate surface area is 104 Å². The van der Waals surface area contributed by atoms with Gasteiger partial charge >= 0.3 is 6.09 Å². The predicted octanol–water partition coefficient (Wildman–Crippen LogP) is 2.89. The number of hydrogen-bond donors (Lipinski definition) is 0. The molecule has 0 aliphatic carbocycles. The van der Waals surface area contributed by atoms with Crippen LogP contribution in [0.25, 0.3) is 0 Å². The van der Waals surface area contributed by atoms with Crippen molar-refractivity contribution in [3.8, 4) is 6.07 Å². The van der Waals surface area contributed by atoms with Crippen LogP contribution in [-0.2, 0) is 4.74 Å². The van der Waals surface area contributed by atoms with Crippen LogP contribution in [0.4, 0.5) is 10.5 Å². The van der Waals surface area contributed by atoms with E-state index in [4.69, 9.17) is 21.6 Å². The first-order valence-corrected chi connectivity index (χ1v) is 5.64. The highest BCUT2D eigenvalue weighted by atomic mass is 35.5. The van der Waals surface area contributed by atoms with E-state index >= 15 is 0 Å². The Morgan fingerprint density at radius 2 is 2.35 bits per heavy atom. The summed E-state index contributed by atoms with van der Waals surface area (Å²) in [6.45, 7) is 2.32. The molecule has 1 heterocycles. The molecular formula is C12H11ClN2O2. The van der Waals surface area contributed by atoms with E-state index in [0.29, 0.717) is 18.0 Å². The molecule has 1 aromatic carbocycles. The summed E-state index contributed by atoms with van der Waals surface area (Å²) in [5.41, 5.74) is 1.57. The fourth-order valence-corrected chi connectivity index (χ4v) is 1.95. The molecule has 1 atom stereocenters. The highest BCUT2D eigenvalue weighted by molar-refractivity contribution is 6.31. The van der Waals surface area contributed by atoms with Gasteiger partial charge in [0.05, 0.1) is 5.69 Å². The summed E-state index contributed by atoms with van der Waals surface area (Å²) >= 11 is 6.01. The lowest BCUT2D eigenvalue weighted by atomic mass is 10.1. The molecular weight excluding hydrogens is 240 g/mol. The standard InChI is InChI=1S/C12H11ClN2O2/c1-8-10(13)3-2-4-11(8)15-6-5-9(7-14)17-12(15)16/h2-4,9H,5-6H2,1H3. The first-order chi connectivity index (χ1) is 8.13. The van der Waals surface area contributed by atoms with Crippen molar-refractivity contribution in [3.05, 3.63) is 28.8 Å². The summed E-state index contributed by atoms with van der Waals surface area (Å²) in [5.74, 6) is 0. The van der Waals surface area contributed by atoms with Crippen LogP contribution >= 0.6 is 11.6 Å². The second-order valence-corrected chi connectivity index (χ2v) is 4.23. The molecule has 1 aliphatic heterocycles. The summed E-state index contributed by atoms with van der Waals surface area (Å²) in [6.07, 6.45) is -0.625. The van der Waals surface area contributed by atoms with E-state index in [2.05, 4.69) is 0 Å². The van der Waals surface area contributed by atoms with Crippen molar-refractivity contribution >= 4 is 23.4 Å². The maximum atomic E-state index is 11.7. The molecule has 4 nitrogen and oxygen atoms in total. The van der Waals surface area contributed by atoms with Crippen molar-refractivity contribution in [1.29, 1.82) is 5.26 Å². The van der Waals surface area contributed by atoms with Crippen LogP contribution in [0.3, 0.4) is 0 Å². The van der Waals surface area contributed by atoms with Crippen LogP contribution in [0.5, 0.6) is 0 Å². The number of halogens is 1. The van der Waals surface area contributed by atoms with Crippen LogP contribution in [0.1, 0.15) is 12.0 Å². The Morgan fingerprint density at radius 3 is 3.00 bits per heavy atom. The monoisotopic (exact) mass is 250 g/mol. The average molecular weight is 251 g/mol. The molecule has 1 unspecified atom stereocenters. The molecule has 0 radical (unpaired) electrons. The first-order valence-electron chi connectivity index (χ1n) is 5.26. The number of benzene rings is 1. The minimum absolute atomic E-state index is 0.470. The Kier molecular flexibility index (Phi) is 3.21. The number of nitriles is 1. The molecule has 0 spiro atoms. The zero-order valence-electron chi connectivity index (χ0n) is 9.31. The van der Waals surface area contributed by atoms with Crippen molar-refractivity contribution in [2.75, 3.05) is 11.4 Å². The van der Waals surface area contributed by atoms with E-state index in [9.17, 15) is 4.79 Å². The number of carbonyl (C=O) groups excluding carboxylic acids is 1. The van der Waals surface area contributed by atoms with Crippen LogP contribution in [-0.4, -0.2) is 18.7 Å². The summed E-state index contributed by atoms with van der Waals surface area (Å²) in [7, 11) is 0. The molecule has 0 bridgehead atoms. The zero-order valence-corrected chi connectivity index (χ0v) is 10.1. The highest BCUT2D eigenvalue weighted by Crippen LogP contribution is 2.29.